The van der Waals surface area contributed by atoms with E-state index in [0.29, 0.717) is 23.5 Å². The van der Waals surface area contributed by atoms with Gasteiger partial charge in [-0.3, -0.25) is 25.0 Å². The largest absolute Gasteiger partial charge is 0.352 e. The Hall–Kier alpha value is -2.89. The Morgan fingerprint density at radius 2 is 1.90 bits per heavy atom. The zero-order valence-corrected chi connectivity index (χ0v) is 18.3. The summed E-state index contributed by atoms with van der Waals surface area (Å²) in [5, 5.41) is 24.9. The third-order valence-electron chi connectivity index (χ3n) is 3.80. The lowest BCUT2D eigenvalue weighted by molar-refractivity contribution is -0.384. The van der Waals surface area contributed by atoms with Gasteiger partial charge in [-0.2, -0.15) is 0 Å². The second-order valence-electron chi connectivity index (χ2n) is 5.89. The quantitative estimate of drug-likeness (QED) is 0.364. The molecule has 0 saturated carbocycles. The Morgan fingerprint density at radius 1 is 1.13 bits per heavy atom. The number of hydrogen-bond acceptors (Lipinski definition) is 7. The van der Waals surface area contributed by atoms with E-state index in [0.717, 1.165) is 21.9 Å². The summed E-state index contributed by atoms with van der Waals surface area (Å²) in [5.41, 5.74) is 0.249. The maximum atomic E-state index is 12.3. The van der Waals surface area contributed by atoms with Crippen molar-refractivity contribution in [2.75, 3.05) is 11.9 Å². The molecule has 30 heavy (non-hydrogen) atoms. The van der Waals surface area contributed by atoms with E-state index in [-0.39, 0.29) is 27.3 Å². The molecule has 0 spiro atoms. The van der Waals surface area contributed by atoms with Gasteiger partial charge in [-0.1, -0.05) is 44.9 Å². The number of nitro benzene ring substituents is 1. The van der Waals surface area contributed by atoms with Crippen LogP contribution in [0.4, 0.5) is 10.8 Å². The van der Waals surface area contributed by atoms with E-state index < -0.39 is 10.8 Å². The molecule has 2 N–H and O–H groups in total. The second kappa shape index (κ2) is 9.74. The third-order valence-corrected chi connectivity index (χ3v) is 5.51. The van der Waals surface area contributed by atoms with E-state index in [2.05, 4.69) is 36.8 Å². The van der Waals surface area contributed by atoms with Crippen molar-refractivity contribution >= 4 is 61.5 Å². The van der Waals surface area contributed by atoms with Gasteiger partial charge in [0.05, 0.1) is 4.92 Å². The predicted molar refractivity (Wildman–Crippen MR) is 116 cm³/mol. The van der Waals surface area contributed by atoms with Gasteiger partial charge in [-0.15, -0.1) is 10.2 Å². The number of aromatic nitrogens is 2. The summed E-state index contributed by atoms with van der Waals surface area (Å²) in [6.07, 6.45) is 0.430. The monoisotopic (exact) mass is 509 g/mol. The molecular weight excluding hydrogens is 498 g/mol. The second-order valence-corrected chi connectivity index (χ2v) is 8.28. The van der Waals surface area contributed by atoms with E-state index in [1.807, 2.05) is 6.07 Å². The van der Waals surface area contributed by atoms with E-state index in [9.17, 15) is 19.7 Å². The summed E-state index contributed by atoms with van der Waals surface area (Å²) in [5.74, 6) is -0.779. The van der Waals surface area contributed by atoms with Crippen molar-refractivity contribution in [2.45, 2.75) is 6.42 Å². The van der Waals surface area contributed by atoms with Gasteiger partial charge in [0.15, 0.2) is 0 Å². The Morgan fingerprint density at radius 3 is 2.63 bits per heavy atom. The Bertz CT molecular complexity index is 1120. The van der Waals surface area contributed by atoms with Gasteiger partial charge in [-0.25, -0.2) is 0 Å². The number of anilines is 1. The predicted octanol–water partition coefficient (Wildman–Crippen LogP) is 4.09. The molecule has 0 aliphatic carbocycles. The summed E-state index contributed by atoms with van der Waals surface area (Å²) in [7, 11) is 0. The summed E-state index contributed by atoms with van der Waals surface area (Å²) in [6.45, 7) is 0.345. The van der Waals surface area contributed by atoms with Gasteiger partial charge in [-0.05, 0) is 30.3 Å². The number of amides is 2. The minimum atomic E-state index is -0.662. The first-order valence-corrected chi connectivity index (χ1v) is 10.4. The smallest absolute Gasteiger partial charge is 0.288 e. The van der Waals surface area contributed by atoms with Crippen molar-refractivity contribution in [1.82, 2.24) is 15.5 Å². The minimum absolute atomic E-state index is 0.0559. The SMILES string of the molecule is O=C(NCCc1nnc(NC(=O)c2ccc(Cl)c([N+](=O)[O-])c2)s1)c1cccc(Br)c1. The summed E-state index contributed by atoms with van der Waals surface area (Å²) < 4.78 is 0.811. The van der Waals surface area contributed by atoms with Gasteiger partial charge in [0.2, 0.25) is 5.13 Å². The molecule has 0 radical (unpaired) electrons. The van der Waals surface area contributed by atoms with Crippen LogP contribution in [0.15, 0.2) is 46.9 Å². The molecule has 2 aromatic carbocycles. The van der Waals surface area contributed by atoms with Crippen LogP contribution < -0.4 is 10.6 Å². The molecule has 0 aliphatic heterocycles. The zero-order chi connectivity index (χ0) is 21.7. The molecule has 1 heterocycles. The molecule has 12 heteroatoms. The van der Waals surface area contributed by atoms with Gasteiger partial charge in [0, 0.05) is 34.6 Å². The number of nitrogens with zero attached hydrogens (tertiary/aromatic N) is 3. The third kappa shape index (κ3) is 5.59. The van der Waals surface area contributed by atoms with Crippen LogP contribution in [0.3, 0.4) is 0 Å². The molecule has 0 saturated heterocycles. The van der Waals surface area contributed by atoms with Crippen molar-refractivity contribution in [2.24, 2.45) is 0 Å². The molecule has 0 unspecified atom stereocenters. The average Bonchev–Trinajstić information content (AvgIpc) is 3.15. The van der Waals surface area contributed by atoms with Crippen LogP contribution in [0.25, 0.3) is 0 Å². The van der Waals surface area contributed by atoms with Gasteiger partial charge < -0.3 is 5.32 Å². The van der Waals surface area contributed by atoms with Crippen molar-refractivity contribution in [3.05, 3.63) is 78.2 Å². The number of carbonyl (C=O) groups is 2. The molecule has 9 nitrogen and oxygen atoms in total. The van der Waals surface area contributed by atoms with E-state index in [4.69, 9.17) is 11.6 Å². The lowest BCUT2D eigenvalue weighted by atomic mass is 10.2. The first kappa shape index (κ1) is 21.8. The van der Waals surface area contributed by atoms with Crippen molar-refractivity contribution in [3.8, 4) is 0 Å². The molecule has 2 amide bonds. The average molecular weight is 511 g/mol. The first-order chi connectivity index (χ1) is 14.3. The van der Waals surface area contributed by atoms with Gasteiger partial charge in [0.25, 0.3) is 17.5 Å². The lowest BCUT2D eigenvalue weighted by Gasteiger charge is -2.04. The van der Waals surface area contributed by atoms with Crippen molar-refractivity contribution < 1.29 is 14.5 Å². The number of halogens is 2. The minimum Gasteiger partial charge on any atom is -0.352 e. The standard InChI is InChI=1S/C18H13BrClN5O4S/c19-12-3-1-2-10(8-12)16(26)21-7-6-15-23-24-18(30-15)22-17(27)11-4-5-13(20)14(9-11)25(28)29/h1-5,8-9H,6-7H2,(H,21,26)(H,22,24,27). The molecule has 1 aromatic heterocycles. The molecule has 0 bridgehead atoms. The number of carbonyl (C=O) groups excluding carboxylic acids is 2. The van der Waals surface area contributed by atoms with Crippen LogP contribution in [-0.2, 0) is 6.42 Å². The molecule has 3 rings (SSSR count). The van der Waals surface area contributed by atoms with Crippen LogP contribution in [-0.4, -0.2) is 33.5 Å². The van der Waals surface area contributed by atoms with Gasteiger partial charge >= 0.3 is 0 Å². The van der Waals surface area contributed by atoms with Crippen molar-refractivity contribution in [1.29, 1.82) is 0 Å². The van der Waals surface area contributed by atoms with E-state index in [1.165, 1.54) is 12.1 Å². The maximum absolute atomic E-state index is 12.3. The summed E-state index contributed by atoms with van der Waals surface area (Å²) >= 11 is 10.2. The molecule has 154 valence electrons. The van der Waals surface area contributed by atoms with Crippen LogP contribution in [0.2, 0.25) is 5.02 Å². The van der Waals surface area contributed by atoms with Crippen molar-refractivity contribution in [3.63, 3.8) is 0 Å². The first-order valence-electron chi connectivity index (χ1n) is 8.45. The topological polar surface area (TPSA) is 127 Å². The number of hydrogen-bond donors (Lipinski definition) is 2. The normalized spacial score (nSPS) is 10.5. The highest BCUT2D eigenvalue weighted by Gasteiger charge is 2.17. The zero-order valence-electron chi connectivity index (χ0n) is 15.1. The van der Waals surface area contributed by atoms with E-state index in [1.54, 1.807) is 18.2 Å². The number of nitro groups is 1. The van der Waals surface area contributed by atoms with E-state index >= 15 is 0 Å². The van der Waals surface area contributed by atoms with Crippen LogP contribution in [0.5, 0.6) is 0 Å². The molecule has 0 atom stereocenters. The summed E-state index contributed by atoms with van der Waals surface area (Å²) in [4.78, 5) is 34.7. The Kier molecular flexibility index (Phi) is 7.08. The summed E-state index contributed by atoms with van der Waals surface area (Å²) in [6, 6.07) is 10.8. The van der Waals surface area contributed by atoms with Crippen LogP contribution in [0.1, 0.15) is 25.7 Å². The highest BCUT2D eigenvalue weighted by molar-refractivity contribution is 9.10. The van der Waals surface area contributed by atoms with Crippen LogP contribution in [0, 0.1) is 10.1 Å². The lowest BCUT2D eigenvalue weighted by Crippen LogP contribution is -2.25. The number of benzene rings is 2. The number of nitrogens with one attached hydrogen (secondary N) is 2. The maximum Gasteiger partial charge on any atom is 0.288 e. The molecule has 0 fully saturated rings. The Labute approximate surface area is 187 Å². The molecular formula is C18H13BrClN5O4S. The number of rotatable bonds is 7. The fourth-order valence-electron chi connectivity index (χ4n) is 2.38. The molecule has 3 aromatic rings. The molecule has 0 aliphatic rings. The highest BCUT2D eigenvalue weighted by Crippen LogP contribution is 2.26. The fraction of sp³-hybridized carbons (Fsp3) is 0.111. The van der Waals surface area contributed by atoms with Gasteiger partial charge in [0.1, 0.15) is 10.0 Å². The Balaban J connectivity index is 1.55. The highest BCUT2D eigenvalue weighted by atomic mass is 79.9. The van der Waals surface area contributed by atoms with Crippen LogP contribution >= 0.6 is 38.9 Å². The fourth-order valence-corrected chi connectivity index (χ4v) is 3.70.